The Labute approximate surface area is 100 Å². The Morgan fingerprint density at radius 2 is 1.71 bits per heavy atom. The highest BCUT2D eigenvalue weighted by Gasteiger charge is 2.31. The van der Waals surface area contributed by atoms with Gasteiger partial charge in [-0.15, -0.1) is 0 Å². The number of halogens is 3. The molecule has 94 valence electrons. The van der Waals surface area contributed by atoms with E-state index in [2.05, 4.69) is 4.18 Å². The topological polar surface area (TPSA) is 27.7 Å². The molecule has 1 heterocycles. The minimum absolute atomic E-state index is 0.133. The van der Waals surface area contributed by atoms with Crippen molar-refractivity contribution in [1.29, 1.82) is 0 Å². The molecule has 0 atom stereocenters. The molecule has 0 unspecified atom stereocenters. The first-order chi connectivity index (χ1) is 8.04. The molecule has 1 aromatic rings. The maximum absolute atomic E-state index is 11.9. The molecule has 17 heavy (non-hydrogen) atoms. The van der Waals surface area contributed by atoms with Crippen LogP contribution in [0.1, 0.15) is 11.9 Å². The number of ether oxygens (including phenoxy) is 2. The zero-order valence-corrected chi connectivity index (χ0v) is 9.38. The van der Waals surface area contributed by atoms with Gasteiger partial charge in [-0.3, -0.25) is 0 Å². The third-order valence-electron chi connectivity index (χ3n) is 2.01. The maximum atomic E-state index is 11.9. The second-order valence-electron chi connectivity index (χ2n) is 3.25. The first-order valence-electron chi connectivity index (χ1n) is 4.80. The van der Waals surface area contributed by atoms with Gasteiger partial charge < -0.3 is 13.7 Å². The summed E-state index contributed by atoms with van der Waals surface area (Å²) in [7, 11) is 0. The van der Waals surface area contributed by atoms with Crippen LogP contribution >= 0.6 is 12.0 Å². The summed E-state index contributed by atoms with van der Waals surface area (Å²) in [5.74, 6) is 0.133. The van der Waals surface area contributed by atoms with E-state index in [0.717, 1.165) is 5.56 Å². The third-order valence-corrected chi connectivity index (χ3v) is 2.47. The molecule has 1 saturated heterocycles. The molecule has 1 aliphatic rings. The number of benzene rings is 1. The number of alkyl halides is 3. The highest BCUT2D eigenvalue weighted by Crippen LogP contribution is 2.33. The van der Waals surface area contributed by atoms with Crippen molar-refractivity contribution in [1.82, 2.24) is 0 Å². The smallest absolute Gasteiger partial charge is 0.417 e. The molecule has 1 aromatic carbocycles. The van der Waals surface area contributed by atoms with Crippen molar-refractivity contribution in [3.8, 4) is 5.75 Å². The van der Waals surface area contributed by atoms with Gasteiger partial charge in [0.1, 0.15) is 5.75 Å². The largest absolute Gasteiger partial charge is 0.479 e. The Balaban J connectivity index is 1.93. The van der Waals surface area contributed by atoms with Crippen molar-refractivity contribution in [3.05, 3.63) is 29.8 Å². The van der Waals surface area contributed by atoms with E-state index in [1.807, 2.05) is 0 Å². The van der Waals surface area contributed by atoms with Crippen LogP contribution in [0.15, 0.2) is 24.3 Å². The van der Waals surface area contributed by atoms with Gasteiger partial charge in [0, 0.05) is 5.56 Å². The van der Waals surface area contributed by atoms with Crippen molar-refractivity contribution >= 4 is 12.0 Å². The quantitative estimate of drug-likeness (QED) is 0.785. The predicted molar refractivity (Wildman–Crippen MR) is 55.4 cm³/mol. The van der Waals surface area contributed by atoms with E-state index in [1.54, 1.807) is 12.1 Å². The van der Waals surface area contributed by atoms with E-state index in [-0.39, 0.29) is 5.75 Å². The van der Waals surface area contributed by atoms with E-state index >= 15 is 0 Å². The zero-order chi connectivity index (χ0) is 12.3. The third kappa shape index (κ3) is 3.79. The summed E-state index contributed by atoms with van der Waals surface area (Å²) in [5, 5.41) is 0. The van der Waals surface area contributed by atoms with Gasteiger partial charge in [0.25, 0.3) is 0 Å². The van der Waals surface area contributed by atoms with Crippen LogP contribution in [0.3, 0.4) is 0 Å². The lowest BCUT2D eigenvalue weighted by atomic mass is 10.2. The van der Waals surface area contributed by atoms with Crippen LogP contribution in [-0.4, -0.2) is 18.7 Å². The first-order valence-corrected chi connectivity index (χ1v) is 5.54. The Morgan fingerprint density at radius 1 is 1.12 bits per heavy atom. The van der Waals surface area contributed by atoms with Crippen molar-refractivity contribution in [3.63, 3.8) is 0 Å². The molecule has 1 aliphatic heterocycles. The molecule has 0 aliphatic carbocycles. The molecular weight excluding hydrogens is 257 g/mol. The van der Waals surface area contributed by atoms with E-state index in [0.29, 0.717) is 13.2 Å². The SMILES string of the molecule is FC(F)(F)SOc1ccc(C2OCCO2)cc1. The molecule has 7 heteroatoms. The lowest BCUT2D eigenvalue weighted by molar-refractivity contribution is -0.0442. The Bertz CT molecular complexity index is 360. The van der Waals surface area contributed by atoms with Crippen LogP contribution in [0.4, 0.5) is 13.2 Å². The average Bonchev–Trinajstić information content (AvgIpc) is 2.79. The highest BCUT2D eigenvalue weighted by molar-refractivity contribution is 7.95. The monoisotopic (exact) mass is 266 g/mol. The van der Waals surface area contributed by atoms with Crippen molar-refractivity contribution in [2.45, 2.75) is 11.8 Å². The van der Waals surface area contributed by atoms with E-state index < -0.39 is 23.8 Å². The summed E-state index contributed by atoms with van der Waals surface area (Å²) in [4.78, 5) is 0. The van der Waals surface area contributed by atoms with E-state index in [4.69, 9.17) is 9.47 Å². The summed E-state index contributed by atoms with van der Waals surface area (Å²) in [6, 6.07) is 6.11. The Morgan fingerprint density at radius 3 is 2.24 bits per heavy atom. The molecular formula is C10H9F3O3S. The van der Waals surface area contributed by atoms with Gasteiger partial charge >= 0.3 is 5.51 Å². The zero-order valence-electron chi connectivity index (χ0n) is 8.57. The van der Waals surface area contributed by atoms with Gasteiger partial charge in [-0.05, 0) is 12.1 Å². The van der Waals surface area contributed by atoms with Gasteiger partial charge in [-0.25, -0.2) is 0 Å². The lowest BCUT2D eigenvalue weighted by Crippen LogP contribution is -2.03. The van der Waals surface area contributed by atoms with Gasteiger partial charge in [-0.1, -0.05) is 12.1 Å². The van der Waals surface area contributed by atoms with Gasteiger partial charge in [0.15, 0.2) is 18.3 Å². The second kappa shape index (κ2) is 5.16. The molecule has 0 amide bonds. The minimum atomic E-state index is -4.41. The minimum Gasteiger partial charge on any atom is -0.417 e. The van der Waals surface area contributed by atoms with Crippen LogP contribution in [0, 0.1) is 0 Å². The maximum Gasteiger partial charge on any atom is 0.479 e. The van der Waals surface area contributed by atoms with Gasteiger partial charge in [0.2, 0.25) is 0 Å². The van der Waals surface area contributed by atoms with Crippen molar-refractivity contribution in [2.75, 3.05) is 13.2 Å². The van der Waals surface area contributed by atoms with Gasteiger partial charge in [-0.2, -0.15) is 13.2 Å². The fourth-order valence-electron chi connectivity index (χ4n) is 1.33. The van der Waals surface area contributed by atoms with Crippen LogP contribution < -0.4 is 4.18 Å². The fourth-order valence-corrected chi connectivity index (χ4v) is 1.63. The van der Waals surface area contributed by atoms with Gasteiger partial charge in [0.05, 0.1) is 13.2 Å². The molecule has 0 aromatic heterocycles. The average molecular weight is 266 g/mol. The molecule has 2 rings (SSSR count). The van der Waals surface area contributed by atoms with E-state index in [1.165, 1.54) is 12.1 Å². The summed E-state index contributed by atoms with van der Waals surface area (Å²) >= 11 is -0.538. The van der Waals surface area contributed by atoms with Crippen LogP contribution in [0.5, 0.6) is 5.75 Å². The summed E-state index contributed by atoms with van der Waals surface area (Å²) in [5.41, 5.74) is -3.65. The molecule has 0 radical (unpaired) electrons. The highest BCUT2D eigenvalue weighted by atomic mass is 32.2. The normalized spacial score (nSPS) is 17.4. The van der Waals surface area contributed by atoms with Crippen molar-refractivity contribution < 1.29 is 26.8 Å². The fraction of sp³-hybridized carbons (Fsp3) is 0.400. The summed E-state index contributed by atoms with van der Waals surface area (Å²) in [6.45, 7) is 1.04. The molecule has 0 bridgehead atoms. The lowest BCUT2D eigenvalue weighted by Gasteiger charge is -2.10. The standard InChI is InChI=1S/C10H9F3O3S/c11-10(12,13)17-16-8-3-1-7(2-4-8)9-14-5-6-15-9/h1-4,9H,5-6H2. The number of rotatable bonds is 3. The molecule has 3 nitrogen and oxygen atoms in total. The van der Waals surface area contributed by atoms with Crippen LogP contribution in [0.25, 0.3) is 0 Å². The summed E-state index contributed by atoms with van der Waals surface area (Å²) < 4.78 is 50.6. The van der Waals surface area contributed by atoms with Crippen LogP contribution in [-0.2, 0) is 9.47 Å². The van der Waals surface area contributed by atoms with Crippen molar-refractivity contribution in [2.24, 2.45) is 0 Å². The second-order valence-corrected chi connectivity index (χ2v) is 4.05. The van der Waals surface area contributed by atoms with E-state index in [9.17, 15) is 13.2 Å². The molecule has 0 N–H and O–H groups in total. The Kier molecular flexibility index (Phi) is 3.80. The first kappa shape index (κ1) is 12.5. The number of hydrogen-bond donors (Lipinski definition) is 0. The Hall–Kier alpha value is -0.920. The molecule has 0 spiro atoms. The van der Waals surface area contributed by atoms with Crippen LogP contribution in [0.2, 0.25) is 0 Å². The summed E-state index contributed by atoms with van der Waals surface area (Å²) in [6.07, 6.45) is -0.431. The molecule has 0 saturated carbocycles. The number of hydrogen-bond acceptors (Lipinski definition) is 4. The molecule has 1 fully saturated rings. The predicted octanol–water partition coefficient (Wildman–Crippen LogP) is 3.28.